The number of ether oxygens (including phenoxy) is 4. The number of hydrogen-bond acceptors (Lipinski definition) is 15. The molecular formula is C87H142O17P2. The number of aliphatic hydroxyl groups is 1. The van der Waals surface area contributed by atoms with Gasteiger partial charge >= 0.3 is 39.5 Å². The van der Waals surface area contributed by atoms with Crippen molar-refractivity contribution in [1.29, 1.82) is 0 Å². The summed E-state index contributed by atoms with van der Waals surface area (Å²) in [6.45, 7) is 4.36. The van der Waals surface area contributed by atoms with Crippen LogP contribution in [0.3, 0.4) is 0 Å². The molecule has 602 valence electrons. The van der Waals surface area contributed by atoms with Gasteiger partial charge in [-0.1, -0.05) is 307 Å². The van der Waals surface area contributed by atoms with Gasteiger partial charge in [-0.2, -0.15) is 0 Å². The molecule has 0 saturated carbocycles. The maximum atomic E-state index is 13.1. The Morgan fingerprint density at radius 2 is 0.528 bits per heavy atom. The van der Waals surface area contributed by atoms with Crippen molar-refractivity contribution in [1.82, 2.24) is 0 Å². The van der Waals surface area contributed by atoms with E-state index in [1.165, 1.54) is 64.2 Å². The molecule has 5 unspecified atom stereocenters. The van der Waals surface area contributed by atoms with Crippen LogP contribution in [0.1, 0.15) is 297 Å². The molecule has 0 bridgehead atoms. The Kier molecular flexibility index (Phi) is 73.5. The molecule has 0 fully saturated rings. The quantitative estimate of drug-likeness (QED) is 0.0169. The Hall–Kier alpha value is -5.58. The Labute approximate surface area is 642 Å². The second-order valence-electron chi connectivity index (χ2n) is 26.2. The van der Waals surface area contributed by atoms with E-state index in [9.17, 15) is 43.2 Å². The first-order valence-corrected chi connectivity index (χ1v) is 43.4. The maximum Gasteiger partial charge on any atom is 0.472 e. The summed E-state index contributed by atoms with van der Waals surface area (Å²) in [4.78, 5) is 73.0. The summed E-state index contributed by atoms with van der Waals surface area (Å²) in [5, 5.41) is 10.6. The van der Waals surface area contributed by atoms with Gasteiger partial charge in [0.05, 0.1) is 32.8 Å². The SMILES string of the molecule is CC/C=C\C/C=C\C/C=C\C/C=C\C/C=C\CCCCCC(=O)OCC(COP(=O)(O)OCC(O)COP(=O)(O)OCC(COC(=O)CCCCCC/C=C\C/C=C\C/C=C\C/C=C\CC)OC(=O)C/C=C\C/C=C\C/C=C\C/C=C\C/C=C\CC)OC(=O)CCCCCCCCCCCCCCCCC. The van der Waals surface area contributed by atoms with E-state index in [-0.39, 0.29) is 25.7 Å². The van der Waals surface area contributed by atoms with Gasteiger partial charge in [0.1, 0.15) is 19.3 Å². The van der Waals surface area contributed by atoms with E-state index < -0.39 is 97.5 Å². The van der Waals surface area contributed by atoms with Crippen LogP contribution in [0.25, 0.3) is 0 Å². The Morgan fingerprint density at radius 1 is 0.283 bits per heavy atom. The van der Waals surface area contributed by atoms with Crippen LogP contribution in [0.4, 0.5) is 0 Å². The Balaban J connectivity index is 5.48. The van der Waals surface area contributed by atoms with Crippen molar-refractivity contribution < 1.29 is 80.2 Å². The maximum absolute atomic E-state index is 13.1. The number of aliphatic hydroxyl groups excluding tert-OH is 1. The molecule has 0 aromatic heterocycles. The highest BCUT2D eigenvalue weighted by Gasteiger charge is 2.30. The molecule has 0 aromatic carbocycles. The molecule has 0 aliphatic rings. The van der Waals surface area contributed by atoms with Gasteiger partial charge in [-0.15, -0.1) is 0 Å². The zero-order chi connectivity index (χ0) is 77.4. The molecule has 17 nitrogen and oxygen atoms in total. The number of hydrogen-bond donors (Lipinski definition) is 3. The summed E-state index contributed by atoms with van der Waals surface area (Å²) >= 11 is 0. The van der Waals surface area contributed by atoms with Crippen molar-refractivity contribution in [3.8, 4) is 0 Å². The van der Waals surface area contributed by atoms with E-state index in [2.05, 4.69) is 174 Å². The van der Waals surface area contributed by atoms with Crippen molar-refractivity contribution in [2.75, 3.05) is 39.6 Å². The largest absolute Gasteiger partial charge is 0.472 e. The number of phosphoric acid groups is 2. The van der Waals surface area contributed by atoms with Gasteiger partial charge in [0.2, 0.25) is 0 Å². The fourth-order valence-electron chi connectivity index (χ4n) is 10.2. The predicted octanol–water partition coefficient (Wildman–Crippen LogP) is 23.8. The lowest BCUT2D eigenvalue weighted by Gasteiger charge is -2.21. The van der Waals surface area contributed by atoms with E-state index >= 15 is 0 Å². The highest BCUT2D eigenvalue weighted by atomic mass is 31.2. The lowest BCUT2D eigenvalue weighted by atomic mass is 10.0. The first-order valence-electron chi connectivity index (χ1n) is 40.4. The number of esters is 4. The molecular weight excluding hydrogens is 1380 g/mol. The van der Waals surface area contributed by atoms with Gasteiger partial charge in [-0.05, 0) is 135 Å². The van der Waals surface area contributed by atoms with Gasteiger partial charge < -0.3 is 33.8 Å². The van der Waals surface area contributed by atoms with Crippen molar-refractivity contribution in [3.05, 3.63) is 170 Å². The van der Waals surface area contributed by atoms with Crippen LogP contribution in [0.2, 0.25) is 0 Å². The highest BCUT2D eigenvalue weighted by Crippen LogP contribution is 2.45. The van der Waals surface area contributed by atoms with Crippen molar-refractivity contribution >= 4 is 39.5 Å². The summed E-state index contributed by atoms with van der Waals surface area (Å²) in [5.41, 5.74) is 0. The number of unbranched alkanes of at least 4 members (excludes halogenated alkanes) is 21. The monoisotopic (exact) mass is 1520 g/mol. The van der Waals surface area contributed by atoms with Gasteiger partial charge in [0.25, 0.3) is 0 Å². The molecule has 0 spiro atoms. The van der Waals surface area contributed by atoms with Crippen LogP contribution in [0, 0.1) is 0 Å². The minimum Gasteiger partial charge on any atom is -0.462 e. The van der Waals surface area contributed by atoms with Crippen LogP contribution in [-0.4, -0.2) is 96.7 Å². The summed E-state index contributed by atoms with van der Waals surface area (Å²) in [6, 6.07) is 0. The standard InChI is InChI=1S/C87H142O17P2/c1-5-9-13-17-21-25-29-33-37-39-40-42-46-48-52-56-60-64-68-72-85(90)98-78-83(104-87(92)74-70-66-62-58-54-50-44-36-32-28-24-20-16-12-8-4)80-102-106(95,96)100-76-81(88)75-99-105(93,94)101-79-82(103-86(91)73-69-65-61-57-53-49-43-35-31-27-23-19-15-11-7-3)77-97-84(89)71-67-63-59-55-51-47-45-41-38-34-30-26-22-18-14-10-6-2/h9-11,13-15,21-23,25-27,33-35,37-38,40,42-43,45,47-48,52-53,57,65,69,81-83,88H,5-8,12,16-20,24,28-32,36,39,41,44,46,49-51,54-56,58-64,66-68,70-80H2,1-4H3,(H,93,94)(H,95,96)/b13-9-,14-10-,15-11-,25-21-,26-22-,27-23-,37-33-,38-34-,42-40-,43-35-,47-45-,52-48-,57-53-,69-65-. The summed E-state index contributed by atoms with van der Waals surface area (Å²) in [5.74, 6) is -2.39. The molecule has 0 radical (unpaired) electrons. The van der Waals surface area contributed by atoms with E-state index in [4.69, 9.17) is 37.0 Å². The molecule has 3 N–H and O–H groups in total. The zero-order valence-corrected chi connectivity index (χ0v) is 67.6. The molecule has 19 heteroatoms. The average molecular weight is 1520 g/mol. The lowest BCUT2D eigenvalue weighted by Crippen LogP contribution is -2.30. The van der Waals surface area contributed by atoms with E-state index in [1.807, 2.05) is 12.2 Å². The van der Waals surface area contributed by atoms with Gasteiger partial charge in [0, 0.05) is 19.3 Å². The molecule has 0 rings (SSSR count). The molecule has 0 aliphatic carbocycles. The molecule has 106 heavy (non-hydrogen) atoms. The lowest BCUT2D eigenvalue weighted by molar-refractivity contribution is -0.161. The molecule has 0 aliphatic heterocycles. The first-order chi connectivity index (χ1) is 51.7. The minimum atomic E-state index is -5.02. The van der Waals surface area contributed by atoms with Crippen LogP contribution < -0.4 is 0 Å². The molecule has 0 amide bonds. The van der Waals surface area contributed by atoms with Crippen molar-refractivity contribution in [2.45, 2.75) is 316 Å². The highest BCUT2D eigenvalue weighted by molar-refractivity contribution is 7.47. The minimum absolute atomic E-state index is 0.0822. The number of carbonyl (C=O) groups excluding carboxylic acids is 4. The number of carbonyl (C=O) groups is 4. The third-order valence-corrected chi connectivity index (χ3v) is 18.1. The van der Waals surface area contributed by atoms with Gasteiger partial charge in [0.15, 0.2) is 12.2 Å². The fourth-order valence-corrected chi connectivity index (χ4v) is 11.8. The third kappa shape index (κ3) is 76.6. The molecule has 5 atom stereocenters. The molecule has 0 heterocycles. The number of rotatable bonds is 74. The topological polar surface area (TPSA) is 237 Å². The average Bonchev–Trinajstić information content (AvgIpc) is 0.909. The van der Waals surface area contributed by atoms with Crippen LogP contribution in [-0.2, 0) is 65.4 Å². The van der Waals surface area contributed by atoms with Crippen LogP contribution in [0.15, 0.2) is 170 Å². The van der Waals surface area contributed by atoms with Crippen molar-refractivity contribution in [2.24, 2.45) is 0 Å². The fraction of sp³-hybridized carbons (Fsp3) is 0.632. The van der Waals surface area contributed by atoms with Gasteiger partial charge in [-0.25, -0.2) is 9.13 Å². The zero-order valence-electron chi connectivity index (χ0n) is 65.8. The Bertz CT molecular complexity index is 2680. The second-order valence-corrected chi connectivity index (χ2v) is 29.1. The third-order valence-electron chi connectivity index (χ3n) is 16.2. The van der Waals surface area contributed by atoms with E-state index in [0.717, 1.165) is 154 Å². The van der Waals surface area contributed by atoms with Crippen molar-refractivity contribution in [3.63, 3.8) is 0 Å². The normalized spacial score (nSPS) is 14.7. The van der Waals surface area contributed by atoms with Gasteiger partial charge in [-0.3, -0.25) is 37.3 Å². The first kappa shape index (κ1) is 100. The van der Waals surface area contributed by atoms with Crippen LogP contribution in [0.5, 0.6) is 0 Å². The smallest absolute Gasteiger partial charge is 0.462 e. The van der Waals surface area contributed by atoms with Crippen LogP contribution >= 0.6 is 15.6 Å². The second kappa shape index (κ2) is 77.6. The number of phosphoric ester groups is 2. The molecule has 0 saturated heterocycles. The summed E-state index contributed by atoms with van der Waals surface area (Å²) in [7, 11) is -10.0. The summed E-state index contributed by atoms with van der Waals surface area (Å²) < 4.78 is 68.5. The predicted molar refractivity (Wildman–Crippen MR) is 436 cm³/mol. The molecule has 0 aromatic rings. The summed E-state index contributed by atoms with van der Waals surface area (Å²) in [6.07, 6.45) is 92.2. The van der Waals surface area contributed by atoms with E-state index in [0.29, 0.717) is 25.7 Å². The van der Waals surface area contributed by atoms with E-state index in [1.54, 1.807) is 12.2 Å². The number of allylic oxidation sites excluding steroid dienone is 27. The Morgan fingerprint density at radius 3 is 0.849 bits per heavy atom.